The van der Waals surface area contributed by atoms with Crippen molar-refractivity contribution in [2.75, 3.05) is 12.4 Å². The largest absolute Gasteiger partial charge is 0.493 e. The fourth-order valence-corrected chi connectivity index (χ4v) is 4.14. The summed E-state index contributed by atoms with van der Waals surface area (Å²) in [7, 11) is -3.80. The molecule has 0 radical (unpaired) electrons. The third kappa shape index (κ3) is 10.3. The van der Waals surface area contributed by atoms with Crippen molar-refractivity contribution in [2.45, 2.75) is 45.2 Å². The zero-order valence-corrected chi connectivity index (χ0v) is 21.4. The van der Waals surface area contributed by atoms with Crippen LogP contribution in [0.2, 0.25) is 5.02 Å². The minimum atomic E-state index is -4.65. The summed E-state index contributed by atoms with van der Waals surface area (Å²) in [5.41, 5.74) is -0.794. The van der Waals surface area contributed by atoms with E-state index in [1.54, 1.807) is 6.07 Å². The van der Waals surface area contributed by atoms with Crippen LogP contribution >= 0.6 is 11.6 Å². The summed E-state index contributed by atoms with van der Waals surface area (Å²) in [4.78, 5) is 15.8. The molecule has 0 fully saturated rings. The number of amides is 1. The van der Waals surface area contributed by atoms with E-state index in [1.807, 2.05) is 17.7 Å². The summed E-state index contributed by atoms with van der Waals surface area (Å²) >= 11 is 5.95. The Morgan fingerprint density at radius 1 is 1.24 bits per heavy atom. The Morgan fingerprint density at radius 3 is 2.65 bits per heavy atom. The highest BCUT2D eigenvalue weighted by Gasteiger charge is 2.32. The first-order valence-corrected chi connectivity index (χ1v) is 13.2. The first-order chi connectivity index (χ1) is 17.4. The van der Waals surface area contributed by atoms with Gasteiger partial charge >= 0.3 is 6.18 Å². The molecule has 0 aliphatic rings. The van der Waals surface area contributed by atoms with Crippen molar-refractivity contribution in [3.63, 3.8) is 0 Å². The average molecular weight is 560 g/mol. The van der Waals surface area contributed by atoms with Crippen LogP contribution in [0, 0.1) is 11.3 Å². The third-order valence-corrected chi connectivity index (χ3v) is 6.32. The smallest absolute Gasteiger partial charge is 0.417 e. The highest BCUT2D eigenvalue weighted by molar-refractivity contribution is 7.90. The number of aromatic nitrogens is 1. The van der Waals surface area contributed by atoms with Crippen LogP contribution < -0.4 is 14.2 Å². The molecule has 0 bridgehead atoms. The second-order valence-electron chi connectivity index (χ2n) is 7.75. The molecule has 1 amide bonds. The van der Waals surface area contributed by atoms with Crippen molar-refractivity contribution < 1.29 is 35.9 Å². The van der Waals surface area contributed by atoms with Crippen LogP contribution in [0.3, 0.4) is 0 Å². The minimum Gasteiger partial charge on any atom is -0.493 e. The van der Waals surface area contributed by atoms with Gasteiger partial charge in [0, 0.05) is 30.3 Å². The Balaban J connectivity index is 2.28. The van der Waals surface area contributed by atoms with Crippen LogP contribution in [0.1, 0.15) is 50.2 Å². The first kappa shape index (κ1) is 29.9. The molecule has 0 saturated carbocycles. The van der Waals surface area contributed by atoms with E-state index in [0.717, 1.165) is 12.5 Å². The normalized spacial score (nSPS) is 11.8. The van der Waals surface area contributed by atoms with Crippen LogP contribution in [-0.4, -0.2) is 31.7 Å². The van der Waals surface area contributed by atoms with E-state index in [-0.39, 0.29) is 36.0 Å². The zero-order valence-electron chi connectivity index (χ0n) is 19.8. The van der Waals surface area contributed by atoms with Gasteiger partial charge in [0.1, 0.15) is 16.5 Å². The number of carbonyl (C=O) groups excluding carboxylic acids is 1. The zero-order chi connectivity index (χ0) is 27.5. The number of alkyl halides is 3. The summed E-state index contributed by atoms with van der Waals surface area (Å²) in [6, 6.07) is 7.09. The van der Waals surface area contributed by atoms with Gasteiger partial charge in [-0.3, -0.25) is 4.79 Å². The number of benzene rings is 1. The summed E-state index contributed by atoms with van der Waals surface area (Å²) in [5.74, 6) is -1.05. The summed E-state index contributed by atoms with van der Waals surface area (Å²) in [6.45, 7) is 2.14. The molecule has 13 heteroatoms. The lowest BCUT2D eigenvalue weighted by molar-refractivity contribution is -0.137. The van der Waals surface area contributed by atoms with Gasteiger partial charge in [0.2, 0.25) is 15.9 Å². The topological polar surface area (TPSA) is 118 Å². The van der Waals surface area contributed by atoms with E-state index in [9.17, 15) is 26.4 Å². The molecule has 0 saturated heterocycles. The van der Waals surface area contributed by atoms with Crippen molar-refractivity contribution in [1.82, 2.24) is 9.71 Å². The molecule has 1 N–H and O–H groups in total. The molecule has 0 spiro atoms. The number of unbranched alkanes of at least 4 members (excludes halogenated alkanes) is 3. The van der Waals surface area contributed by atoms with Crippen molar-refractivity contribution in [3.05, 3.63) is 52.7 Å². The highest BCUT2D eigenvalue weighted by atomic mass is 35.5. The quantitative estimate of drug-likeness (QED) is 0.240. The lowest BCUT2D eigenvalue weighted by Gasteiger charge is -2.13. The Kier molecular flexibility index (Phi) is 11.2. The van der Waals surface area contributed by atoms with E-state index in [0.29, 0.717) is 37.3 Å². The van der Waals surface area contributed by atoms with Gasteiger partial charge in [0.15, 0.2) is 0 Å². The maximum absolute atomic E-state index is 12.9. The molecule has 1 aromatic carbocycles. The number of nitriles is 1. The number of carbonyl (C=O) groups is 1. The standard InChI is InChI=1S/C24H25ClF3N3O5S/c1-2-3-6-13-37(33,34)31-22(32)10-8-17-7-9-19(35-12-5-4-11-29)15-21(17)36-23-20(25)14-18(16-30-23)24(26,27)28/h7-10,14-16H,2-6,12-13H2,1H3,(H,31,32)/b10-8+. The van der Waals surface area contributed by atoms with Gasteiger partial charge in [-0.15, -0.1) is 0 Å². The number of hydrogen-bond acceptors (Lipinski definition) is 7. The highest BCUT2D eigenvalue weighted by Crippen LogP contribution is 2.36. The average Bonchev–Trinajstić information content (AvgIpc) is 2.81. The predicted molar refractivity (Wildman–Crippen MR) is 132 cm³/mol. The molecule has 200 valence electrons. The minimum absolute atomic E-state index is 0.0294. The molecular weight excluding hydrogens is 535 g/mol. The number of nitrogens with one attached hydrogen (secondary N) is 1. The number of ether oxygens (including phenoxy) is 2. The lowest BCUT2D eigenvalue weighted by atomic mass is 10.1. The van der Waals surface area contributed by atoms with Crippen LogP contribution in [0.25, 0.3) is 6.08 Å². The van der Waals surface area contributed by atoms with Gasteiger partial charge in [-0.1, -0.05) is 31.4 Å². The SMILES string of the molecule is CCCCCS(=O)(=O)NC(=O)/C=C/c1ccc(OCCCC#N)cc1Oc1ncc(C(F)(F)F)cc1Cl. The van der Waals surface area contributed by atoms with E-state index in [2.05, 4.69) is 4.98 Å². The van der Waals surface area contributed by atoms with E-state index < -0.39 is 32.7 Å². The first-order valence-electron chi connectivity index (χ1n) is 11.2. The Labute approximate surface area is 218 Å². The van der Waals surface area contributed by atoms with E-state index in [1.165, 1.54) is 18.2 Å². The molecule has 1 aromatic heterocycles. The van der Waals surface area contributed by atoms with Crippen LogP contribution in [0.4, 0.5) is 13.2 Å². The molecule has 0 atom stereocenters. The number of pyridine rings is 1. The number of nitrogens with zero attached hydrogens (tertiary/aromatic N) is 2. The van der Waals surface area contributed by atoms with Crippen molar-refractivity contribution in [1.29, 1.82) is 5.26 Å². The van der Waals surface area contributed by atoms with Crippen molar-refractivity contribution in [2.24, 2.45) is 0 Å². The Morgan fingerprint density at radius 2 is 2.00 bits per heavy atom. The Bertz CT molecular complexity index is 1260. The monoisotopic (exact) mass is 559 g/mol. The summed E-state index contributed by atoms with van der Waals surface area (Å²) in [6.07, 6.45) is 0.856. The maximum Gasteiger partial charge on any atom is 0.417 e. The van der Waals surface area contributed by atoms with Crippen LogP contribution in [0.5, 0.6) is 17.4 Å². The predicted octanol–water partition coefficient (Wildman–Crippen LogP) is 5.88. The second-order valence-corrected chi connectivity index (χ2v) is 10.00. The maximum atomic E-state index is 12.9. The summed E-state index contributed by atoms with van der Waals surface area (Å²) < 4.78 is 76.0. The Hall–Kier alpha value is -3.30. The molecule has 2 rings (SSSR count). The number of sulfonamides is 1. The van der Waals surface area contributed by atoms with Crippen molar-refractivity contribution in [3.8, 4) is 23.4 Å². The number of rotatable bonds is 13. The van der Waals surface area contributed by atoms with E-state index >= 15 is 0 Å². The summed E-state index contributed by atoms with van der Waals surface area (Å²) in [5, 5.41) is 8.24. The third-order valence-electron chi connectivity index (χ3n) is 4.72. The molecular formula is C24H25ClF3N3O5S. The van der Waals surface area contributed by atoms with Crippen LogP contribution in [0.15, 0.2) is 36.5 Å². The fourth-order valence-electron chi connectivity index (χ4n) is 2.88. The number of halogens is 4. The van der Waals surface area contributed by atoms with Gasteiger partial charge < -0.3 is 9.47 Å². The molecule has 0 unspecified atom stereocenters. The van der Waals surface area contributed by atoms with Gasteiger partial charge in [0.05, 0.1) is 24.0 Å². The fraction of sp³-hybridized carbons (Fsp3) is 0.375. The molecule has 0 aliphatic heterocycles. The molecule has 37 heavy (non-hydrogen) atoms. The van der Waals surface area contributed by atoms with Crippen molar-refractivity contribution >= 4 is 33.6 Å². The van der Waals surface area contributed by atoms with Crippen LogP contribution in [-0.2, 0) is 21.0 Å². The van der Waals surface area contributed by atoms with E-state index in [4.69, 9.17) is 26.3 Å². The molecule has 0 aliphatic carbocycles. The van der Waals surface area contributed by atoms with Gasteiger partial charge in [-0.25, -0.2) is 18.1 Å². The van der Waals surface area contributed by atoms with Gasteiger partial charge in [-0.2, -0.15) is 18.4 Å². The lowest BCUT2D eigenvalue weighted by Crippen LogP contribution is -2.31. The second kappa shape index (κ2) is 13.9. The molecule has 2 aromatic rings. The molecule has 8 nitrogen and oxygen atoms in total. The number of hydrogen-bond donors (Lipinski definition) is 1. The van der Waals surface area contributed by atoms with Gasteiger partial charge in [0.25, 0.3) is 5.91 Å². The van der Waals surface area contributed by atoms with Gasteiger partial charge in [-0.05, 0) is 37.1 Å². The molecule has 1 heterocycles.